The molecule has 0 aliphatic carbocycles. The number of pyridine rings is 1. The van der Waals surface area contributed by atoms with E-state index in [1.54, 1.807) is 25.0 Å². The van der Waals surface area contributed by atoms with E-state index in [0.717, 1.165) is 6.42 Å². The van der Waals surface area contributed by atoms with Crippen molar-refractivity contribution >= 4 is 49.6 Å². The molecule has 1 aliphatic heterocycles. The van der Waals surface area contributed by atoms with Crippen LogP contribution in [0, 0.1) is 5.82 Å². The van der Waals surface area contributed by atoms with E-state index in [4.69, 9.17) is 9.47 Å². The molecule has 1 saturated heterocycles. The molecular weight excluding hydrogens is 413 g/mol. The summed E-state index contributed by atoms with van der Waals surface area (Å²) in [5, 5.41) is 0.979. The molecule has 1 atom stereocenters. The zero-order valence-electron chi connectivity index (χ0n) is 13.3. The SMILES string of the molecule is Cn1c(=O)[nH]c2c3c(OCC[C@@H]4COCS4)c(Br)c(F)cc3ncc21. The van der Waals surface area contributed by atoms with Gasteiger partial charge in [-0.05, 0) is 22.4 Å². The molecule has 132 valence electrons. The lowest BCUT2D eigenvalue weighted by Gasteiger charge is -2.14. The minimum absolute atomic E-state index is 0.231. The fraction of sp³-hybridized carbons (Fsp3) is 0.375. The van der Waals surface area contributed by atoms with E-state index in [2.05, 4.69) is 25.9 Å². The molecule has 1 aliphatic rings. The predicted octanol–water partition coefficient (Wildman–Crippen LogP) is 3.17. The quantitative estimate of drug-likeness (QED) is 0.692. The molecule has 9 heteroatoms. The first-order chi connectivity index (χ1) is 12.1. The van der Waals surface area contributed by atoms with Crippen LogP contribution in [0.5, 0.6) is 5.75 Å². The number of hydrogen-bond donors (Lipinski definition) is 1. The van der Waals surface area contributed by atoms with Crippen molar-refractivity contribution in [3.63, 3.8) is 0 Å². The first-order valence-corrected chi connectivity index (χ1v) is 9.58. The number of nitrogens with zero attached hydrogens (tertiary/aromatic N) is 2. The maximum Gasteiger partial charge on any atom is 0.326 e. The number of benzene rings is 1. The van der Waals surface area contributed by atoms with Crippen molar-refractivity contribution in [3.05, 3.63) is 33.0 Å². The van der Waals surface area contributed by atoms with Gasteiger partial charge < -0.3 is 14.5 Å². The van der Waals surface area contributed by atoms with E-state index in [0.29, 0.717) is 52.1 Å². The van der Waals surface area contributed by atoms with Gasteiger partial charge in [0.25, 0.3) is 0 Å². The van der Waals surface area contributed by atoms with Crippen LogP contribution in [0.3, 0.4) is 0 Å². The van der Waals surface area contributed by atoms with Gasteiger partial charge in [-0.15, -0.1) is 11.8 Å². The number of rotatable bonds is 4. The number of fused-ring (bicyclic) bond motifs is 3. The molecule has 0 saturated carbocycles. The van der Waals surface area contributed by atoms with Crippen LogP contribution in [0.4, 0.5) is 4.39 Å². The van der Waals surface area contributed by atoms with Gasteiger partial charge in [0, 0.05) is 18.4 Å². The summed E-state index contributed by atoms with van der Waals surface area (Å²) in [6.45, 7) is 1.13. The Hall–Kier alpha value is -1.58. The highest BCUT2D eigenvalue weighted by molar-refractivity contribution is 9.10. The van der Waals surface area contributed by atoms with Crippen molar-refractivity contribution in [3.8, 4) is 5.75 Å². The first kappa shape index (κ1) is 16.9. The number of ether oxygens (including phenoxy) is 2. The van der Waals surface area contributed by atoms with Gasteiger partial charge in [-0.3, -0.25) is 9.55 Å². The number of thioether (sulfide) groups is 1. The summed E-state index contributed by atoms with van der Waals surface area (Å²) in [7, 11) is 1.66. The minimum Gasteiger partial charge on any atom is -0.491 e. The molecule has 0 radical (unpaired) electrons. The summed E-state index contributed by atoms with van der Waals surface area (Å²) in [4.78, 5) is 19.1. The van der Waals surface area contributed by atoms with Crippen LogP contribution in [-0.4, -0.2) is 38.9 Å². The van der Waals surface area contributed by atoms with Gasteiger partial charge in [0.05, 0.1) is 51.8 Å². The summed E-state index contributed by atoms with van der Waals surface area (Å²) in [6, 6.07) is 1.33. The third-order valence-corrected chi connectivity index (χ3v) is 6.15. The van der Waals surface area contributed by atoms with Crippen LogP contribution in [0.25, 0.3) is 21.9 Å². The first-order valence-electron chi connectivity index (χ1n) is 7.74. The van der Waals surface area contributed by atoms with Crippen LogP contribution in [-0.2, 0) is 11.8 Å². The van der Waals surface area contributed by atoms with Crippen LogP contribution in [0.1, 0.15) is 6.42 Å². The minimum atomic E-state index is -0.453. The molecule has 6 nitrogen and oxygen atoms in total. The predicted molar refractivity (Wildman–Crippen MR) is 98.8 cm³/mol. The van der Waals surface area contributed by atoms with Crippen LogP contribution in [0.15, 0.2) is 21.5 Å². The molecule has 4 rings (SSSR count). The summed E-state index contributed by atoms with van der Waals surface area (Å²) >= 11 is 5.01. The Morgan fingerprint density at radius 3 is 3.20 bits per heavy atom. The molecule has 1 aromatic carbocycles. The highest BCUT2D eigenvalue weighted by Crippen LogP contribution is 2.38. The van der Waals surface area contributed by atoms with Crippen molar-refractivity contribution in [2.75, 3.05) is 19.2 Å². The molecule has 2 aromatic heterocycles. The Balaban J connectivity index is 1.80. The van der Waals surface area contributed by atoms with Crippen LogP contribution in [0.2, 0.25) is 0 Å². The molecule has 3 heterocycles. The van der Waals surface area contributed by atoms with Gasteiger partial charge in [-0.2, -0.15) is 0 Å². The third-order valence-electron chi connectivity index (χ3n) is 4.26. The number of aromatic amines is 1. The zero-order valence-corrected chi connectivity index (χ0v) is 15.7. The number of H-pyrrole nitrogens is 1. The normalized spacial score (nSPS) is 17.6. The second-order valence-electron chi connectivity index (χ2n) is 5.82. The number of hydrogen-bond acceptors (Lipinski definition) is 5. The second kappa shape index (κ2) is 6.62. The number of aryl methyl sites for hydroxylation is 1. The van der Waals surface area contributed by atoms with Crippen molar-refractivity contribution in [2.24, 2.45) is 7.05 Å². The average Bonchev–Trinajstić information content (AvgIpc) is 3.20. The van der Waals surface area contributed by atoms with Gasteiger partial charge in [0.15, 0.2) is 0 Å². The Kier molecular flexibility index (Phi) is 4.47. The lowest BCUT2D eigenvalue weighted by atomic mass is 10.1. The molecule has 0 unspecified atom stereocenters. The fourth-order valence-corrected chi connectivity index (χ4v) is 4.17. The Morgan fingerprint density at radius 2 is 2.44 bits per heavy atom. The number of nitrogens with one attached hydrogen (secondary N) is 1. The standard InChI is InChI=1S/C16H15BrFN3O3S/c1-21-11-5-19-10-4-9(18)13(17)15(12(10)14(11)20-16(21)22)24-3-2-8-6-23-7-25-8/h4-5,8H,2-3,6-7H2,1H3,(H,20,22)/t8-/m1/s1. The molecule has 0 amide bonds. The lowest BCUT2D eigenvalue weighted by Crippen LogP contribution is -2.11. The molecule has 25 heavy (non-hydrogen) atoms. The van der Waals surface area contributed by atoms with Crippen molar-refractivity contribution in [2.45, 2.75) is 11.7 Å². The van der Waals surface area contributed by atoms with Gasteiger partial charge in [-0.25, -0.2) is 9.18 Å². The zero-order chi connectivity index (χ0) is 17.6. The van der Waals surface area contributed by atoms with Gasteiger partial charge in [0.2, 0.25) is 0 Å². The van der Waals surface area contributed by atoms with E-state index in [1.807, 2.05) is 0 Å². The topological polar surface area (TPSA) is 69.1 Å². The highest BCUT2D eigenvalue weighted by atomic mass is 79.9. The summed E-state index contributed by atoms with van der Waals surface area (Å²) in [6.07, 6.45) is 2.35. The van der Waals surface area contributed by atoms with Gasteiger partial charge in [0.1, 0.15) is 11.6 Å². The Bertz CT molecular complexity index is 1010. The largest absolute Gasteiger partial charge is 0.491 e. The van der Waals surface area contributed by atoms with Gasteiger partial charge >= 0.3 is 5.69 Å². The van der Waals surface area contributed by atoms with Gasteiger partial charge in [-0.1, -0.05) is 0 Å². The summed E-state index contributed by atoms with van der Waals surface area (Å²) in [5.41, 5.74) is 1.41. The monoisotopic (exact) mass is 427 g/mol. The molecule has 0 bridgehead atoms. The number of halogens is 2. The average molecular weight is 428 g/mol. The van der Waals surface area contributed by atoms with Crippen molar-refractivity contribution in [1.29, 1.82) is 0 Å². The lowest BCUT2D eigenvalue weighted by molar-refractivity contribution is 0.194. The van der Waals surface area contributed by atoms with E-state index < -0.39 is 5.82 Å². The Labute approximate surface area is 154 Å². The van der Waals surface area contributed by atoms with E-state index in [9.17, 15) is 9.18 Å². The number of imidazole rings is 1. The second-order valence-corrected chi connectivity index (χ2v) is 7.85. The Morgan fingerprint density at radius 1 is 1.60 bits per heavy atom. The van der Waals surface area contributed by atoms with E-state index in [-0.39, 0.29) is 10.2 Å². The van der Waals surface area contributed by atoms with E-state index >= 15 is 0 Å². The van der Waals surface area contributed by atoms with Crippen molar-refractivity contribution in [1.82, 2.24) is 14.5 Å². The smallest absolute Gasteiger partial charge is 0.326 e. The third kappa shape index (κ3) is 2.94. The molecule has 1 fully saturated rings. The summed E-state index contributed by atoms with van der Waals surface area (Å²) in [5.74, 6) is 0.609. The molecular formula is C16H15BrFN3O3S. The fourth-order valence-electron chi connectivity index (χ4n) is 2.90. The molecule has 1 N–H and O–H groups in total. The van der Waals surface area contributed by atoms with E-state index in [1.165, 1.54) is 10.6 Å². The number of aromatic nitrogens is 3. The highest BCUT2D eigenvalue weighted by Gasteiger charge is 2.20. The van der Waals surface area contributed by atoms with Crippen LogP contribution >= 0.6 is 27.7 Å². The maximum atomic E-state index is 14.3. The summed E-state index contributed by atoms with van der Waals surface area (Å²) < 4.78 is 27.2. The molecule has 0 spiro atoms. The molecule has 3 aromatic rings. The van der Waals surface area contributed by atoms with Crippen LogP contribution < -0.4 is 10.4 Å². The van der Waals surface area contributed by atoms with Crippen molar-refractivity contribution < 1.29 is 13.9 Å². The maximum absolute atomic E-state index is 14.3.